The number of piperazine rings is 1. The number of methoxy groups -OCH3 is 2. The summed E-state index contributed by atoms with van der Waals surface area (Å²) in [7, 11) is -8.43. The number of ether oxygens (including phenoxy) is 2. The molecule has 1 aromatic rings. The van der Waals surface area contributed by atoms with Gasteiger partial charge >= 0.3 is 0 Å². The zero-order valence-corrected chi connectivity index (χ0v) is 18.3. The molecule has 1 aromatic carbocycles. The normalized spacial score (nSPS) is 33.0. The monoisotopic (exact) mass is 466 g/mol. The average molecular weight is 467 g/mol. The van der Waals surface area contributed by atoms with Crippen LogP contribution in [0.1, 0.15) is 0 Å². The fourth-order valence-electron chi connectivity index (χ4n) is 4.46. The standard InChI is InChI=1S/C16H22N2O8S3/c1-25-10-3-4-16(15(5-10)26-2)29(23,24)18-13-8-27(19,20)6-11(13)17-12-7-28(21,22)9-14(12)18/h3-5,11-14,17H,6-9H2,1-2H3/t11-,12+,13-,14-/m1/s1. The van der Waals surface area contributed by atoms with Crippen LogP contribution in [0, 0.1) is 0 Å². The van der Waals surface area contributed by atoms with E-state index in [2.05, 4.69) is 5.32 Å². The first-order valence-corrected chi connectivity index (χ1v) is 14.0. The Labute approximate surface area is 170 Å². The molecule has 4 rings (SSSR count). The van der Waals surface area contributed by atoms with Gasteiger partial charge < -0.3 is 14.8 Å². The lowest BCUT2D eigenvalue weighted by Crippen LogP contribution is -2.67. The molecular formula is C16H22N2O8S3. The smallest absolute Gasteiger partial charge is 0.247 e. The van der Waals surface area contributed by atoms with E-state index in [-0.39, 0.29) is 33.7 Å². The number of fused-ring (bicyclic) bond motifs is 2. The summed E-state index contributed by atoms with van der Waals surface area (Å²) in [5.74, 6) is -0.738. The van der Waals surface area contributed by atoms with E-state index in [9.17, 15) is 25.3 Å². The Kier molecular flexibility index (Phi) is 4.89. The van der Waals surface area contributed by atoms with E-state index in [1.165, 1.54) is 32.4 Å². The van der Waals surface area contributed by atoms with E-state index in [1.54, 1.807) is 0 Å². The molecule has 1 N–H and O–H groups in total. The molecule has 0 amide bonds. The first-order chi connectivity index (χ1) is 13.5. The number of rotatable bonds is 4. The molecule has 13 heteroatoms. The molecule has 29 heavy (non-hydrogen) atoms. The van der Waals surface area contributed by atoms with Crippen LogP contribution in [0.5, 0.6) is 11.5 Å². The SMILES string of the molecule is COc1ccc(S(=O)(=O)N2[C@@H]3CS(=O)(=O)C[C@@H]3N[C@@H]3CS(=O)(=O)C[C@H]32)c(OC)c1. The third-order valence-corrected chi connectivity index (χ3v) is 11.1. The summed E-state index contributed by atoms with van der Waals surface area (Å²) in [6, 6.07) is 1.12. The minimum Gasteiger partial charge on any atom is -0.497 e. The Balaban J connectivity index is 1.85. The van der Waals surface area contributed by atoms with Crippen LogP contribution < -0.4 is 14.8 Å². The minimum absolute atomic E-state index is 0.0395. The Morgan fingerprint density at radius 3 is 1.97 bits per heavy atom. The highest BCUT2D eigenvalue weighted by Gasteiger charge is 2.57. The average Bonchev–Trinajstić information content (AvgIpc) is 3.10. The van der Waals surface area contributed by atoms with E-state index in [0.29, 0.717) is 5.75 Å². The van der Waals surface area contributed by atoms with Crippen LogP contribution in [-0.4, -0.2) is 91.0 Å². The summed E-state index contributed by atoms with van der Waals surface area (Å²) in [5.41, 5.74) is 0. The molecule has 3 aliphatic heterocycles. The number of sulfonamides is 1. The second-order valence-electron chi connectivity index (χ2n) is 7.52. The van der Waals surface area contributed by atoms with E-state index in [4.69, 9.17) is 9.47 Å². The lowest BCUT2D eigenvalue weighted by atomic mass is 10.0. The molecule has 3 saturated heterocycles. The van der Waals surface area contributed by atoms with Crippen molar-refractivity contribution in [3.8, 4) is 11.5 Å². The molecule has 0 spiro atoms. The summed E-state index contributed by atoms with van der Waals surface area (Å²) in [5, 5.41) is 3.07. The zero-order valence-electron chi connectivity index (χ0n) is 15.8. The molecule has 0 saturated carbocycles. The number of sulfone groups is 2. The highest BCUT2D eigenvalue weighted by atomic mass is 32.2. The van der Waals surface area contributed by atoms with Crippen LogP contribution in [0.15, 0.2) is 23.1 Å². The summed E-state index contributed by atoms with van der Waals surface area (Å²) < 4.78 is 87.7. The van der Waals surface area contributed by atoms with Gasteiger partial charge in [-0.3, -0.25) is 0 Å². The van der Waals surface area contributed by atoms with Crippen LogP contribution in [0.4, 0.5) is 0 Å². The second-order valence-corrected chi connectivity index (χ2v) is 13.6. The maximum Gasteiger partial charge on any atom is 0.247 e. The Bertz CT molecular complexity index is 1100. The molecule has 3 heterocycles. The topological polar surface area (TPSA) is 136 Å². The molecule has 0 unspecified atom stereocenters. The van der Waals surface area contributed by atoms with E-state index in [1.807, 2.05) is 0 Å². The zero-order chi connectivity index (χ0) is 21.2. The maximum absolute atomic E-state index is 13.7. The van der Waals surface area contributed by atoms with E-state index in [0.717, 1.165) is 4.31 Å². The largest absolute Gasteiger partial charge is 0.497 e. The maximum atomic E-state index is 13.7. The predicted molar refractivity (Wildman–Crippen MR) is 104 cm³/mol. The number of benzene rings is 1. The fourth-order valence-corrected chi connectivity index (χ4v) is 10.5. The van der Waals surface area contributed by atoms with Crippen molar-refractivity contribution in [1.29, 1.82) is 0 Å². The van der Waals surface area contributed by atoms with Crippen molar-refractivity contribution in [3.05, 3.63) is 18.2 Å². The van der Waals surface area contributed by atoms with Crippen LogP contribution in [0.25, 0.3) is 0 Å². The van der Waals surface area contributed by atoms with Gasteiger partial charge in [0.2, 0.25) is 10.0 Å². The van der Waals surface area contributed by atoms with Crippen LogP contribution in [0.3, 0.4) is 0 Å². The minimum atomic E-state index is -4.25. The van der Waals surface area contributed by atoms with Gasteiger partial charge in [0, 0.05) is 18.2 Å². The van der Waals surface area contributed by atoms with Crippen molar-refractivity contribution >= 4 is 29.7 Å². The Morgan fingerprint density at radius 1 is 0.931 bits per heavy atom. The highest BCUT2D eigenvalue weighted by molar-refractivity contribution is 7.92. The van der Waals surface area contributed by atoms with Crippen LogP contribution in [-0.2, 0) is 29.7 Å². The van der Waals surface area contributed by atoms with Gasteiger partial charge in [0.15, 0.2) is 19.7 Å². The molecule has 162 valence electrons. The van der Waals surface area contributed by atoms with Gasteiger partial charge in [0.25, 0.3) is 0 Å². The molecule has 0 radical (unpaired) electrons. The molecule has 4 atom stereocenters. The van der Waals surface area contributed by atoms with Crippen molar-refractivity contribution in [2.75, 3.05) is 37.2 Å². The number of hydrogen-bond acceptors (Lipinski definition) is 9. The van der Waals surface area contributed by atoms with Crippen molar-refractivity contribution in [2.45, 2.75) is 29.1 Å². The van der Waals surface area contributed by atoms with Crippen molar-refractivity contribution in [1.82, 2.24) is 9.62 Å². The first kappa shape index (κ1) is 20.8. The second kappa shape index (κ2) is 6.80. The molecule has 10 nitrogen and oxygen atoms in total. The fraction of sp³-hybridized carbons (Fsp3) is 0.625. The molecule has 3 aliphatic rings. The third kappa shape index (κ3) is 3.52. The van der Waals surface area contributed by atoms with Gasteiger partial charge in [0.1, 0.15) is 16.4 Å². The molecule has 0 aromatic heterocycles. The Hall–Kier alpha value is -1.41. The van der Waals surface area contributed by atoms with Gasteiger partial charge in [-0.25, -0.2) is 25.3 Å². The van der Waals surface area contributed by atoms with Gasteiger partial charge in [0.05, 0.1) is 49.3 Å². The molecule has 0 aliphatic carbocycles. The number of nitrogens with one attached hydrogen (secondary N) is 1. The summed E-state index contributed by atoms with van der Waals surface area (Å²) in [4.78, 5) is -0.159. The predicted octanol–water partition coefficient (Wildman–Crippen LogP) is -1.37. The van der Waals surface area contributed by atoms with Gasteiger partial charge in [-0.1, -0.05) is 0 Å². The third-order valence-electron chi connectivity index (χ3n) is 5.65. The summed E-state index contributed by atoms with van der Waals surface area (Å²) >= 11 is 0. The summed E-state index contributed by atoms with van der Waals surface area (Å²) in [6.07, 6.45) is 0. The van der Waals surface area contributed by atoms with Crippen molar-refractivity contribution in [2.24, 2.45) is 0 Å². The van der Waals surface area contributed by atoms with Gasteiger partial charge in [-0.2, -0.15) is 4.31 Å². The molecule has 0 bridgehead atoms. The first-order valence-electron chi connectivity index (χ1n) is 8.90. The molecule has 3 fully saturated rings. The lowest BCUT2D eigenvalue weighted by molar-refractivity contribution is 0.160. The van der Waals surface area contributed by atoms with Gasteiger partial charge in [-0.15, -0.1) is 0 Å². The van der Waals surface area contributed by atoms with E-state index < -0.39 is 53.9 Å². The highest BCUT2D eigenvalue weighted by Crippen LogP contribution is 2.39. The van der Waals surface area contributed by atoms with Gasteiger partial charge in [-0.05, 0) is 12.1 Å². The van der Waals surface area contributed by atoms with Crippen molar-refractivity contribution in [3.63, 3.8) is 0 Å². The Morgan fingerprint density at radius 2 is 1.48 bits per heavy atom. The lowest BCUT2D eigenvalue weighted by Gasteiger charge is -2.43. The van der Waals surface area contributed by atoms with Crippen LogP contribution >= 0.6 is 0 Å². The number of nitrogens with zero attached hydrogens (tertiary/aromatic N) is 1. The number of hydrogen-bond donors (Lipinski definition) is 1. The summed E-state index contributed by atoms with van der Waals surface area (Å²) in [6.45, 7) is 0. The van der Waals surface area contributed by atoms with E-state index >= 15 is 0 Å². The van der Waals surface area contributed by atoms with Crippen LogP contribution in [0.2, 0.25) is 0 Å². The quantitative estimate of drug-likeness (QED) is 0.570. The van der Waals surface area contributed by atoms with Crippen molar-refractivity contribution < 1.29 is 34.7 Å². The molecular weight excluding hydrogens is 444 g/mol.